The number of guanidine groups is 1. The topological polar surface area (TPSA) is 57.3 Å². The number of morpholine rings is 1. The highest BCUT2D eigenvalue weighted by Crippen LogP contribution is 2.22. The van der Waals surface area contributed by atoms with E-state index in [2.05, 4.69) is 37.9 Å². The van der Waals surface area contributed by atoms with E-state index in [0.29, 0.717) is 12.5 Å². The summed E-state index contributed by atoms with van der Waals surface area (Å²) in [4.78, 5) is 11.4. The minimum absolute atomic E-state index is 0.207. The molecule has 0 saturated carbocycles. The van der Waals surface area contributed by atoms with E-state index >= 15 is 0 Å². The summed E-state index contributed by atoms with van der Waals surface area (Å²) in [7, 11) is 0. The van der Waals surface area contributed by atoms with Gasteiger partial charge in [0.05, 0.1) is 19.8 Å². The van der Waals surface area contributed by atoms with Gasteiger partial charge in [-0.1, -0.05) is 18.2 Å². The van der Waals surface area contributed by atoms with Crippen molar-refractivity contribution in [3.8, 4) is 0 Å². The minimum atomic E-state index is -0.207. The van der Waals surface area contributed by atoms with Gasteiger partial charge in [0.1, 0.15) is 5.82 Å². The molecule has 2 heterocycles. The van der Waals surface area contributed by atoms with Crippen LogP contribution in [0.4, 0.5) is 15.8 Å². The van der Waals surface area contributed by atoms with Crippen molar-refractivity contribution >= 4 is 17.3 Å². The molecule has 2 N–H and O–H groups in total. The maximum Gasteiger partial charge on any atom is 0.191 e. The van der Waals surface area contributed by atoms with Crippen LogP contribution in [0.3, 0.4) is 0 Å². The zero-order valence-electron chi connectivity index (χ0n) is 16.6. The van der Waals surface area contributed by atoms with Gasteiger partial charge in [0.2, 0.25) is 0 Å². The van der Waals surface area contributed by atoms with Crippen LogP contribution in [-0.4, -0.2) is 63.3 Å². The van der Waals surface area contributed by atoms with Crippen molar-refractivity contribution in [2.75, 3.05) is 62.3 Å². The Bertz CT molecular complexity index is 827. The summed E-state index contributed by atoms with van der Waals surface area (Å²) in [5.74, 6) is 0.377. The molecule has 0 spiro atoms. The highest BCUT2D eigenvalue weighted by Gasteiger charge is 2.19. The van der Waals surface area contributed by atoms with Gasteiger partial charge in [0.15, 0.2) is 5.96 Å². The van der Waals surface area contributed by atoms with Gasteiger partial charge in [-0.3, -0.25) is 0 Å². The van der Waals surface area contributed by atoms with Gasteiger partial charge < -0.3 is 25.2 Å². The number of piperazine rings is 1. The number of halogens is 1. The highest BCUT2D eigenvalue weighted by atomic mass is 19.1. The molecule has 0 radical (unpaired) electrons. The summed E-state index contributed by atoms with van der Waals surface area (Å²) in [6.45, 7) is 7.19. The van der Waals surface area contributed by atoms with Crippen LogP contribution < -0.4 is 15.5 Å². The first-order valence-electron chi connectivity index (χ1n) is 10.2. The Morgan fingerprint density at radius 2 is 1.59 bits per heavy atom. The number of anilines is 2. The largest absolute Gasteiger partial charge is 0.378 e. The highest BCUT2D eigenvalue weighted by molar-refractivity contribution is 5.78. The molecule has 6 nitrogen and oxygen atoms in total. The van der Waals surface area contributed by atoms with Crippen molar-refractivity contribution in [2.24, 2.45) is 10.7 Å². The molecule has 0 aromatic heterocycles. The molecule has 0 unspecified atom stereocenters. The van der Waals surface area contributed by atoms with E-state index in [-0.39, 0.29) is 5.82 Å². The molecule has 2 aromatic carbocycles. The first kappa shape index (κ1) is 19.5. The maximum atomic E-state index is 13.1. The molecule has 29 heavy (non-hydrogen) atoms. The van der Waals surface area contributed by atoms with Crippen LogP contribution in [0.5, 0.6) is 0 Å². The van der Waals surface area contributed by atoms with Crippen LogP contribution in [0.2, 0.25) is 0 Å². The zero-order chi connectivity index (χ0) is 20.1. The van der Waals surface area contributed by atoms with Gasteiger partial charge in [-0.2, -0.15) is 0 Å². The first-order chi connectivity index (χ1) is 14.2. The van der Waals surface area contributed by atoms with Gasteiger partial charge in [-0.05, 0) is 35.9 Å². The Morgan fingerprint density at radius 3 is 2.31 bits per heavy atom. The van der Waals surface area contributed by atoms with Gasteiger partial charge in [-0.15, -0.1) is 0 Å². The van der Waals surface area contributed by atoms with Crippen molar-refractivity contribution in [1.82, 2.24) is 4.90 Å². The first-order valence-corrected chi connectivity index (χ1v) is 10.2. The second kappa shape index (κ2) is 9.13. The summed E-state index contributed by atoms with van der Waals surface area (Å²) in [6.07, 6.45) is 0. The van der Waals surface area contributed by atoms with Gasteiger partial charge in [0.25, 0.3) is 0 Å². The molecule has 0 aliphatic carbocycles. The van der Waals surface area contributed by atoms with Crippen molar-refractivity contribution in [2.45, 2.75) is 6.54 Å². The van der Waals surface area contributed by atoms with Crippen LogP contribution in [0.15, 0.2) is 53.5 Å². The molecular formula is C22H28FN5O. The Hall–Kier alpha value is -2.80. The zero-order valence-corrected chi connectivity index (χ0v) is 16.6. The number of aliphatic imine (C=N–C) groups is 1. The molecular weight excluding hydrogens is 369 g/mol. The predicted octanol–water partition coefficient (Wildman–Crippen LogP) is 2.30. The van der Waals surface area contributed by atoms with E-state index in [1.165, 1.54) is 23.4 Å². The van der Waals surface area contributed by atoms with Crippen molar-refractivity contribution in [1.29, 1.82) is 0 Å². The quantitative estimate of drug-likeness (QED) is 0.634. The molecule has 2 aromatic rings. The Morgan fingerprint density at radius 1 is 0.897 bits per heavy atom. The molecule has 0 amide bonds. The standard InChI is InChI=1S/C22H28FN5O/c23-19-5-7-20(8-6-19)26-9-11-28(12-10-26)22(24)25-17-18-3-1-2-4-21(18)27-13-15-29-16-14-27/h1-8H,9-17H2,(H2,24,25). The Kier molecular flexibility index (Phi) is 6.14. The monoisotopic (exact) mass is 397 g/mol. The van der Waals surface area contributed by atoms with E-state index in [1.54, 1.807) is 0 Å². The Balaban J connectivity index is 1.36. The summed E-state index contributed by atoms with van der Waals surface area (Å²) >= 11 is 0. The average Bonchev–Trinajstić information content (AvgIpc) is 2.79. The molecule has 4 rings (SSSR count). The second-order valence-corrected chi connectivity index (χ2v) is 7.35. The smallest absolute Gasteiger partial charge is 0.191 e. The lowest BCUT2D eigenvalue weighted by Gasteiger charge is -2.36. The number of nitrogens with zero attached hydrogens (tertiary/aromatic N) is 4. The maximum absolute atomic E-state index is 13.1. The number of benzene rings is 2. The molecule has 2 fully saturated rings. The normalized spacial score (nSPS) is 18.2. The fourth-order valence-corrected chi connectivity index (χ4v) is 3.87. The fourth-order valence-electron chi connectivity index (χ4n) is 3.87. The van der Waals surface area contributed by atoms with E-state index < -0.39 is 0 Å². The molecule has 0 atom stereocenters. The van der Waals surface area contributed by atoms with Crippen molar-refractivity contribution in [3.63, 3.8) is 0 Å². The molecule has 0 bridgehead atoms. The number of hydrogen-bond donors (Lipinski definition) is 1. The fraction of sp³-hybridized carbons (Fsp3) is 0.409. The van der Waals surface area contributed by atoms with Crippen LogP contribution in [0, 0.1) is 5.82 Å². The third kappa shape index (κ3) is 4.79. The Labute approximate surface area is 171 Å². The summed E-state index contributed by atoms with van der Waals surface area (Å²) < 4.78 is 18.6. The SMILES string of the molecule is NC(=NCc1ccccc1N1CCOCC1)N1CCN(c2ccc(F)cc2)CC1. The number of nitrogens with two attached hydrogens (primary N) is 1. The number of ether oxygens (including phenoxy) is 1. The van der Waals surface area contributed by atoms with E-state index in [1.807, 2.05) is 18.2 Å². The van der Waals surface area contributed by atoms with Crippen molar-refractivity contribution in [3.05, 3.63) is 59.9 Å². The van der Waals surface area contributed by atoms with Gasteiger partial charge >= 0.3 is 0 Å². The van der Waals surface area contributed by atoms with Gasteiger partial charge in [-0.25, -0.2) is 9.38 Å². The van der Waals surface area contributed by atoms with Crippen LogP contribution in [0.25, 0.3) is 0 Å². The van der Waals surface area contributed by atoms with Crippen molar-refractivity contribution < 1.29 is 9.13 Å². The second-order valence-electron chi connectivity index (χ2n) is 7.35. The molecule has 7 heteroatoms. The molecule has 2 aliphatic rings. The van der Waals surface area contributed by atoms with Crippen LogP contribution >= 0.6 is 0 Å². The third-order valence-corrected chi connectivity index (χ3v) is 5.55. The van der Waals surface area contributed by atoms with Crippen LogP contribution in [0.1, 0.15) is 5.56 Å². The summed E-state index contributed by atoms with van der Waals surface area (Å²) in [5, 5.41) is 0. The van der Waals surface area contributed by atoms with E-state index in [9.17, 15) is 4.39 Å². The van der Waals surface area contributed by atoms with E-state index in [4.69, 9.17) is 10.5 Å². The summed E-state index contributed by atoms with van der Waals surface area (Å²) in [6, 6.07) is 15.0. The van der Waals surface area contributed by atoms with E-state index in [0.717, 1.165) is 58.2 Å². The lowest BCUT2D eigenvalue weighted by atomic mass is 10.1. The van der Waals surface area contributed by atoms with Crippen LogP contribution in [-0.2, 0) is 11.3 Å². The predicted molar refractivity (Wildman–Crippen MR) is 115 cm³/mol. The number of hydrogen-bond acceptors (Lipinski definition) is 4. The van der Waals surface area contributed by atoms with Gasteiger partial charge in [0, 0.05) is 50.6 Å². The third-order valence-electron chi connectivity index (χ3n) is 5.55. The lowest BCUT2D eigenvalue weighted by Crippen LogP contribution is -2.51. The average molecular weight is 397 g/mol. The number of rotatable bonds is 4. The minimum Gasteiger partial charge on any atom is -0.378 e. The summed E-state index contributed by atoms with van der Waals surface area (Å²) in [5.41, 5.74) is 9.74. The molecule has 2 saturated heterocycles. The lowest BCUT2D eigenvalue weighted by molar-refractivity contribution is 0.122. The molecule has 2 aliphatic heterocycles. The molecule has 154 valence electrons. The number of para-hydroxylation sites is 1.